The highest BCUT2D eigenvalue weighted by Crippen LogP contribution is 2.35. The second kappa shape index (κ2) is 5.02. The molecule has 0 N–H and O–H groups in total. The molecular weight excluding hydrogens is 242 g/mol. The summed E-state index contributed by atoms with van der Waals surface area (Å²) in [6.45, 7) is 1.98. The van der Waals surface area contributed by atoms with E-state index in [9.17, 15) is 0 Å². The molecule has 0 aliphatic heterocycles. The first-order valence-electron chi connectivity index (χ1n) is 5.77. The van der Waals surface area contributed by atoms with Crippen molar-refractivity contribution in [2.24, 2.45) is 7.05 Å². The highest BCUT2D eigenvalue weighted by atomic mass is 16.5. The lowest BCUT2D eigenvalue weighted by Crippen LogP contribution is -1.97. The standard InChI is InChI=1S/C14H15N3O2/c1-9-5-13(18-3)14(19-4)7-11(9)12-6-10(8-15)16-17(12)2/h5-7H,1-4H3. The number of nitriles is 1. The van der Waals surface area contributed by atoms with E-state index in [2.05, 4.69) is 5.10 Å². The van der Waals surface area contributed by atoms with Crippen molar-refractivity contribution in [1.82, 2.24) is 9.78 Å². The van der Waals surface area contributed by atoms with Gasteiger partial charge in [0.1, 0.15) is 6.07 Å². The summed E-state index contributed by atoms with van der Waals surface area (Å²) in [5.74, 6) is 1.34. The van der Waals surface area contributed by atoms with Gasteiger partial charge in [0.2, 0.25) is 0 Å². The van der Waals surface area contributed by atoms with Crippen LogP contribution in [0.4, 0.5) is 0 Å². The summed E-state index contributed by atoms with van der Waals surface area (Å²) in [7, 11) is 5.02. The topological polar surface area (TPSA) is 60.1 Å². The zero-order valence-corrected chi connectivity index (χ0v) is 11.4. The van der Waals surface area contributed by atoms with E-state index >= 15 is 0 Å². The third-order valence-corrected chi connectivity index (χ3v) is 3.00. The lowest BCUT2D eigenvalue weighted by atomic mass is 10.0. The van der Waals surface area contributed by atoms with E-state index in [0.29, 0.717) is 17.2 Å². The van der Waals surface area contributed by atoms with Crippen LogP contribution in [0.5, 0.6) is 11.5 Å². The van der Waals surface area contributed by atoms with Crippen LogP contribution in [0.3, 0.4) is 0 Å². The molecule has 0 aliphatic carbocycles. The molecule has 0 radical (unpaired) electrons. The number of benzene rings is 1. The van der Waals surface area contributed by atoms with Crippen molar-refractivity contribution in [1.29, 1.82) is 5.26 Å². The Balaban J connectivity index is 2.62. The van der Waals surface area contributed by atoms with Crippen LogP contribution in [0.2, 0.25) is 0 Å². The molecule has 0 saturated heterocycles. The summed E-state index contributed by atoms with van der Waals surface area (Å²) in [6.07, 6.45) is 0. The van der Waals surface area contributed by atoms with Crippen molar-refractivity contribution in [3.63, 3.8) is 0 Å². The lowest BCUT2D eigenvalue weighted by Gasteiger charge is -2.12. The van der Waals surface area contributed by atoms with Crippen molar-refractivity contribution < 1.29 is 9.47 Å². The first-order valence-corrected chi connectivity index (χ1v) is 5.77. The fourth-order valence-corrected chi connectivity index (χ4v) is 2.03. The molecule has 0 spiro atoms. The minimum absolute atomic E-state index is 0.395. The predicted octanol–water partition coefficient (Wildman–Crippen LogP) is 2.28. The first kappa shape index (κ1) is 13.0. The highest BCUT2D eigenvalue weighted by molar-refractivity contribution is 5.69. The van der Waals surface area contributed by atoms with Gasteiger partial charge in [-0.2, -0.15) is 10.4 Å². The summed E-state index contributed by atoms with van der Waals surface area (Å²) in [6, 6.07) is 7.60. The number of rotatable bonds is 3. The maximum Gasteiger partial charge on any atom is 0.163 e. The van der Waals surface area contributed by atoms with Gasteiger partial charge in [-0.3, -0.25) is 4.68 Å². The van der Waals surface area contributed by atoms with E-state index in [4.69, 9.17) is 14.7 Å². The van der Waals surface area contributed by atoms with Crippen molar-refractivity contribution >= 4 is 0 Å². The molecule has 0 atom stereocenters. The van der Waals surface area contributed by atoms with Crippen LogP contribution in [0.15, 0.2) is 18.2 Å². The van der Waals surface area contributed by atoms with E-state index < -0.39 is 0 Å². The Labute approximate surface area is 112 Å². The van der Waals surface area contributed by atoms with Gasteiger partial charge >= 0.3 is 0 Å². The molecule has 0 amide bonds. The Morgan fingerprint density at radius 2 is 1.79 bits per heavy atom. The smallest absolute Gasteiger partial charge is 0.163 e. The Hall–Kier alpha value is -2.48. The molecule has 2 aromatic rings. The van der Waals surface area contributed by atoms with E-state index in [0.717, 1.165) is 16.8 Å². The highest BCUT2D eigenvalue weighted by Gasteiger charge is 2.14. The first-order chi connectivity index (χ1) is 9.10. The van der Waals surface area contributed by atoms with Gasteiger partial charge in [-0.1, -0.05) is 0 Å². The fourth-order valence-electron chi connectivity index (χ4n) is 2.03. The molecule has 1 aromatic carbocycles. The molecule has 5 heteroatoms. The molecule has 5 nitrogen and oxygen atoms in total. The normalized spacial score (nSPS) is 10.1. The average Bonchev–Trinajstić information content (AvgIpc) is 2.79. The maximum atomic E-state index is 8.90. The van der Waals surface area contributed by atoms with E-state index in [-0.39, 0.29) is 0 Å². The molecule has 2 rings (SSSR count). The van der Waals surface area contributed by atoms with Crippen molar-refractivity contribution in [2.45, 2.75) is 6.92 Å². The SMILES string of the molecule is COc1cc(C)c(-c2cc(C#N)nn2C)cc1OC. The second-order valence-electron chi connectivity index (χ2n) is 4.17. The summed E-state index contributed by atoms with van der Waals surface area (Å²) < 4.78 is 12.3. The molecule has 1 aromatic heterocycles. The second-order valence-corrected chi connectivity index (χ2v) is 4.17. The lowest BCUT2D eigenvalue weighted by molar-refractivity contribution is 0.355. The van der Waals surface area contributed by atoms with Gasteiger partial charge in [0, 0.05) is 18.7 Å². The molecule has 0 aliphatic rings. The number of hydrogen-bond acceptors (Lipinski definition) is 4. The van der Waals surface area contributed by atoms with Gasteiger partial charge in [0.25, 0.3) is 0 Å². The van der Waals surface area contributed by atoms with Crippen molar-refractivity contribution in [3.05, 3.63) is 29.5 Å². The van der Waals surface area contributed by atoms with E-state index in [1.54, 1.807) is 25.0 Å². The zero-order chi connectivity index (χ0) is 14.0. The van der Waals surface area contributed by atoms with Gasteiger partial charge in [-0.25, -0.2) is 0 Å². The molecule has 0 saturated carbocycles. The molecule has 0 fully saturated rings. The van der Waals surface area contributed by atoms with E-state index in [1.165, 1.54) is 0 Å². The van der Waals surface area contributed by atoms with Crippen LogP contribution in [-0.2, 0) is 7.05 Å². The maximum absolute atomic E-state index is 8.90. The number of aryl methyl sites for hydroxylation is 2. The molecule has 98 valence electrons. The van der Waals surface area contributed by atoms with Crippen LogP contribution in [0.1, 0.15) is 11.3 Å². The van der Waals surface area contributed by atoms with Crippen LogP contribution in [0.25, 0.3) is 11.3 Å². The summed E-state index contributed by atoms with van der Waals surface area (Å²) in [5, 5.41) is 13.0. The zero-order valence-electron chi connectivity index (χ0n) is 11.4. The number of methoxy groups -OCH3 is 2. The van der Waals surface area contributed by atoms with Crippen LogP contribution >= 0.6 is 0 Å². The number of hydrogen-bond donors (Lipinski definition) is 0. The number of nitrogens with zero attached hydrogens (tertiary/aromatic N) is 3. The van der Waals surface area contributed by atoms with Gasteiger partial charge in [-0.15, -0.1) is 0 Å². The third-order valence-electron chi connectivity index (χ3n) is 3.00. The predicted molar refractivity (Wildman–Crippen MR) is 71.2 cm³/mol. The number of ether oxygens (including phenoxy) is 2. The summed E-state index contributed by atoms with van der Waals surface area (Å²) >= 11 is 0. The van der Waals surface area contributed by atoms with Crippen molar-refractivity contribution in [2.75, 3.05) is 14.2 Å². The Kier molecular flexibility index (Phi) is 3.43. The minimum Gasteiger partial charge on any atom is -0.493 e. The van der Waals surface area contributed by atoms with Gasteiger partial charge in [0.15, 0.2) is 17.2 Å². The monoisotopic (exact) mass is 257 g/mol. The number of aromatic nitrogens is 2. The molecule has 0 bridgehead atoms. The van der Waals surface area contributed by atoms with E-state index in [1.807, 2.05) is 32.2 Å². The quantitative estimate of drug-likeness (QED) is 0.846. The van der Waals surface area contributed by atoms with Crippen LogP contribution in [0, 0.1) is 18.3 Å². The van der Waals surface area contributed by atoms with Crippen molar-refractivity contribution in [3.8, 4) is 28.8 Å². The van der Waals surface area contributed by atoms with Gasteiger partial charge < -0.3 is 9.47 Å². The largest absolute Gasteiger partial charge is 0.493 e. The van der Waals surface area contributed by atoms with Gasteiger partial charge in [0.05, 0.1) is 19.9 Å². The molecule has 19 heavy (non-hydrogen) atoms. The Morgan fingerprint density at radius 1 is 1.16 bits per heavy atom. The summed E-state index contributed by atoms with van der Waals surface area (Å²) in [4.78, 5) is 0. The molecule has 1 heterocycles. The summed E-state index contributed by atoms with van der Waals surface area (Å²) in [5.41, 5.74) is 3.26. The third kappa shape index (κ3) is 2.25. The molecular formula is C14H15N3O2. The minimum atomic E-state index is 0.395. The van der Waals surface area contributed by atoms with Crippen LogP contribution in [-0.4, -0.2) is 24.0 Å². The van der Waals surface area contributed by atoms with Crippen LogP contribution < -0.4 is 9.47 Å². The average molecular weight is 257 g/mol. The fraction of sp³-hybridized carbons (Fsp3) is 0.286. The Bertz CT molecular complexity index is 653. The van der Waals surface area contributed by atoms with Gasteiger partial charge in [-0.05, 0) is 24.6 Å². The molecule has 0 unspecified atom stereocenters. The Morgan fingerprint density at radius 3 is 2.32 bits per heavy atom.